The maximum Gasteiger partial charge on any atom is 0.312 e. The highest BCUT2D eigenvalue weighted by Gasteiger charge is 2.31. The van der Waals surface area contributed by atoms with E-state index >= 15 is 0 Å². The van der Waals surface area contributed by atoms with Gasteiger partial charge in [-0.2, -0.15) is 0 Å². The van der Waals surface area contributed by atoms with Gasteiger partial charge in [-0.05, 0) is 55.0 Å². The Hall–Kier alpha value is -4.20. The van der Waals surface area contributed by atoms with Crippen LogP contribution in [0, 0.1) is 0 Å². The molecule has 40 heavy (non-hydrogen) atoms. The molecule has 2 N–H and O–H groups in total. The smallest absolute Gasteiger partial charge is 0.312 e. The van der Waals surface area contributed by atoms with E-state index in [1.807, 2.05) is 29.8 Å². The normalized spacial score (nSPS) is 14.7. The number of aromatic nitrogens is 1. The van der Waals surface area contributed by atoms with Crippen molar-refractivity contribution in [3.05, 3.63) is 124 Å². The summed E-state index contributed by atoms with van der Waals surface area (Å²) in [5.41, 5.74) is 1.93. The largest absolute Gasteiger partial charge is 0.484 e. The van der Waals surface area contributed by atoms with Crippen molar-refractivity contribution < 1.29 is 19.4 Å². The molecule has 7 heteroatoms. The van der Waals surface area contributed by atoms with E-state index in [0.29, 0.717) is 24.2 Å². The van der Waals surface area contributed by atoms with Crippen LogP contribution in [-0.4, -0.2) is 35.0 Å². The van der Waals surface area contributed by atoms with E-state index in [2.05, 4.69) is 65.3 Å². The van der Waals surface area contributed by atoms with Crippen LogP contribution in [0.2, 0.25) is 0 Å². The molecule has 0 saturated carbocycles. The highest BCUT2D eigenvalue weighted by molar-refractivity contribution is 7.10. The van der Waals surface area contributed by atoms with Crippen LogP contribution >= 0.6 is 11.3 Å². The number of benzene rings is 3. The monoisotopic (exact) mass is 552 g/mol. The minimum Gasteiger partial charge on any atom is -0.484 e. The first-order chi connectivity index (χ1) is 19.6. The molecule has 3 heterocycles. The van der Waals surface area contributed by atoms with Gasteiger partial charge >= 0.3 is 5.97 Å². The first kappa shape index (κ1) is 27.4. The van der Waals surface area contributed by atoms with Crippen molar-refractivity contribution in [1.82, 2.24) is 9.88 Å². The molecular formula is C33H32N2O4S. The number of carboxylic acid groups (broad SMARTS) is 1. The van der Waals surface area contributed by atoms with Gasteiger partial charge in [0.05, 0.1) is 11.6 Å². The third-order valence-corrected chi connectivity index (χ3v) is 8.08. The van der Waals surface area contributed by atoms with Crippen molar-refractivity contribution in [1.29, 1.82) is 0 Å². The molecule has 0 amide bonds. The molecule has 6 rings (SSSR count). The van der Waals surface area contributed by atoms with Crippen LogP contribution in [0.4, 0.5) is 0 Å². The molecule has 1 unspecified atom stereocenters. The molecule has 3 aromatic carbocycles. The molecule has 1 aliphatic heterocycles. The number of carboxylic acids is 1. The molecule has 0 spiro atoms. The van der Waals surface area contributed by atoms with Crippen LogP contribution in [-0.2, 0) is 11.3 Å². The van der Waals surface area contributed by atoms with Crippen molar-refractivity contribution in [2.24, 2.45) is 0 Å². The van der Waals surface area contributed by atoms with E-state index in [0.717, 1.165) is 24.4 Å². The first-order valence-corrected chi connectivity index (χ1v) is 14.3. The predicted octanol–water partition coefficient (Wildman–Crippen LogP) is 6.92. The maximum absolute atomic E-state index is 12.4. The second kappa shape index (κ2) is 12.8. The lowest BCUT2D eigenvalue weighted by Gasteiger charge is -2.19. The Labute approximate surface area is 237 Å². The lowest BCUT2D eigenvalue weighted by atomic mass is 10.1. The van der Waals surface area contributed by atoms with Gasteiger partial charge in [-0.1, -0.05) is 72.8 Å². The Morgan fingerprint density at radius 3 is 2.50 bits per heavy atom. The second-order valence-electron chi connectivity index (χ2n) is 9.66. The Balaban J connectivity index is 0.000000162. The zero-order valence-corrected chi connectivity index (χ0v) is 23.1. The highest BCUT2D eigenvalue weighted by Crippen LogP contribution is 2.33. The quantitative estimate of drug-likeness (QED) is 0.194. The number of ether oxygens (including phenoxy) is 1. The molecule has 0 saturated heterocycles. The molecule has 204 valence electrons. The topological polar surface area (TPSA) is 80.6 Å². The van der Waals surface area contributed by atoms with Crippen molar-refractivity contribution in [2.45, 2.75) is 31.4 Å². The second-order valence-corrected chi connectivity index (χ2v) is 10.6. The lowest BCUT2D eigenvalue weighted by molar-refractivity contribution is -0.138. The average Bonchev–Trinajstić information content (AvgIpc) is 3.75. The van der Waals surface area contributed by atoms with E-state index in [1.165, 1.54) is 15.6 Å². The van der Waals surface area contributed by atoms with Crippen LogP contribution < -0.4 is 10.1 Å². The van der Waals surface area contributed by atoms with Gasteiger partial charge < -0.3 is 19.7 Å². The summed E-state index contributed by atoms with van der Waals surface area (Å²) in [7, 11) is 1.98. The number of hydrogen-bond donors (Lipinski definition) is 2. The fraction of sp³-hybridized carbons (Fsp3) is 0.212. The molecule has 0 fully saturated rings. The average molecular weight is 553 g/mol. The summed E-state index contributed by atoms with van der Waals surface area (Å²) < 4.78 is 8.17. The van der Waals surface area contributed by atoms with E-state index in [4.69, 9.17) is 9.84 Å². The van der Waals surface area contributed by atoms with Crippen LogP contribution in [0.25, 0.3) is 10.8 Å². The van der Waals surface area contributed by atoms with Gasteiger partial charge in [0.2, 0.25) is 5.78 Å². The molecule has 6 nitrogen and oxygen atoms in total. The van der Waals surface area contributed by atoms with Crippen LogP contribution in [0.3, 0.4) is 0 Å². The van der Waals surface area contributed by atoms with E-state index < -0.39 is 11.9 Å². The Morgan fingerprint density at radius 2 is 1.75 bits per heavy atom. The Bertz CT molecular complexity index is 1570. The van der Waals surface area contributed by atoms with Crippen molar-refractivity contribution in [3.63, 3.8) is 0 Å². The maximum atomic E-state index is 12.4. The van der Waals surface area contributed by atoms with Crippen molar-refractivity contribution >= 4 is 33.9 Å². The molecular weight excluding hydrogens is 520 g/mol. The zero-order valence-electron chi connectivity index (χ0n) is 22.3. The minimum absolute atomic E-state index is 0.0575. The molecule has 0 radical (unpaired) electrons. The van der Waals surface area contributed by atoms with E-state index in [1.54, 1.807) is 35.6 Å². The number of nitrogens with zero attached hydrogens (tertiary/aromatic N) is 1. The number of fused-ring (bicyclic) bond motifs is 2. The first-order valence-electron chi connectivity index (χ1n) is 13.4. The van der Waals surface area contributed by atoms with Gasteiger partial charge in [-0.25, -0.2) is 0 Å². The molecule has 2 atom stereocenters. The lowest BCUT2D eigenvalue weighted by Crippen LogP contribution is -2.15. The molecule has 1 aliphatic rings. The molecule has 2 aromatic heterocycles. The third kappa shape index (κ3) is 6.01. The van der Waals surface area contributed by atoms with Gasteiger partial charge in [0, 0.05) is 34.5 Å². The Kier molecular flexibility index (Phi) is 8.74. The van der Waals surface area contributed by atoms with Gasteiger partial charge in [-0.15, -0.1) is 11.3 Å². The predicted molar refractivity (Wildman–Crippen MR) is 159 cm³/mol. The summed E-state index contributed by atoms with van der Waals surface area (Å²) in [6.07, 6.45) is 1.61. The standard InChI is InChI=1S/C18H19NOS.C15H13NO3/c1-19-12-11-17(18-10-5-13-21-18)20-16-9-4-7-14-6-2-3-8-15(14)16;17-14(10-4-2-1-3-5-10)13-7-6-12-11(15(18)19)8-9-16(12)13/h2-10,13,17,19H,11-12H2,1H3;1-7,11H,8-9H2,(H,18,19)/t17-;/m1./s1. The van der Waals surface area contributed by atoms with E-state index in [9.17, 15) is 9.59 Å². The van der Waals surface area contributed by atoms with Gasteiger partial charge in [0.1, 0.15) is 11.9 Å². The summed E-state index contributed by atoms with van der Waals surface area (Å²) >= 11 is 1.75. The van der Waals surface area contributed by atoms with Gasteiger partial charge in [-0.3, -0.25) is 9.59 Å². The summed E-state index contributed by atoms with van der Waals surface area (Å²) in [6, 6.07) is 31.3. The molecule has 0 aliphatic carbocycles. The SMILES string of the molecule is CNCC[C@@H](Oc1cccc2ccccc12)c1cccs1.O=C(c1ccccc1)c1ccc2n1CCC2C(=O)O. The third-order valence-electron chi connectivity index (χ3n) is 7.12. The summed E-state index contributed by atoms with van der Waals surface area (Å²) in [5, 5.41) is 16.8. The molecule has 5 aromatic rings. The van der Waals surface area contributed by atoms with Crippen LogP contribution in [0.5, 0.6) is 5.75 Å². The fourth-order valence-electron chi connectivity index (χ4n) is 5.09. The number of ketones is 1. The van der Waals surface area contributed by atoms with E-state index in [-0.39, 0.29) is 11.9 Å². The summed E-state index contributed by atoms with van der Waals surface area (Å²) in [4.78, 5) is 24.8. The number of carbonyl (C=O) groups is 2. The minimum atomic E-state index is -0.824. The zero-order chi connectivity index (χ0) is 27.9. The number of thiophene rings is 1. The summed E-state index contributed by atoms with van der Waals surface area (Å²) in [6.45, 7) is 1.53. The number of aliphatic carboxylic acids is 1. The van der Waals surface area contributed by atoms with Gasteiger partial charge in [0.25, 0.3) is 0 Å². The number of rotatable bonds is 9. The molecule has 0 bridgehead atoms. The van der Waals surface area contributed by atoms with Crippen LogP contribution in [0.1, 0.15) is 51.5 Å². The summed E-state index contributed by atoms with van der Waals surface area (Å²) in [5.74, 6) is -0.409. The number of nitrogens with one attached hydrogen (secondary N) is 1. The van der Waals surface area contributed by atoms with Crippen molar-refractivity contribution in [3.8, 4) is 5.75 Å². The number of carbonyl (C=O) groups excluding carboxylic acids is 1. The Morgan fingerprint density at radius 1 is 0.975 bits per heavy atom. The van der Waals surface area contributed by atoms with Crippen LogP contribution in [0.15, 0.2) is 102 Å². The van der Waals surface area contributed by atoms with Crippen molar-refractivity contribution in [2.75, 3.05) is 13.6 Å². The number of hydrogen-bond acceptors (Lipinski definition) is 5. The highest BCUT2D eigenvalue weighted by atomic mass is 32.1. The van der Waals surface area contributed by atoms with Gasteiger partial charge in [0.15, 0.2) is 0 Å². The fourth-order valence-corrected chi connectivity index (χ4v) is 5.88.